The van der Waals surface area contributed by atoms with Crippen LogP contribution in [0.5, 0.6) is 11.5 Å². The van der Waals surface area contributed by atoms with Gasteiger partial charge < -0.3 is 14.8 Å². The third-order valence-electron chi connectivity index (χ3n) is 3.34. The van der Waals surface area contributed by atoms with Crippen molar-refractivity contribution in [2.45, 2.75) is 13.0 Å². The predicted octanol–water partition coefficient (Wildman–Crippen LogP) is 4.06. The minimum atomic E-state index is 0.0227. The van der Waals surface area contributed by atoms with Crippen molar-refractivity contribution in [1.82, 2.24) is 5.32 Å². The first-order valence-electron chi connectivity index (χ1n) is 6.90. The molecule has 0 radical (unpaired) electrons. The van der Waals surface area contributed by atoms with Crippen molar-refractivity contribution >= 4 is 11.6 Å². The van der Waals surface area contributed by atoms with Gasteiger partial charge in [-0.15, -0.1) is 0 Å². The van der Waals surface area contributed by atoms with Gasteiger partial charge in [-0.3, -0.25) is 0 Å². The molecule has 4 heteroatoms. The van der Waals surface area contributed by atoms with E-state index in [0.717, 1.165) is 34.2 Å². The minimum Gasteiger partial charge on any atom is -0.497 e. The van der Waals surface area contributed by atoms with E-state index in [1.807, 2.05) is 36.4 Å². The van der Waals surface area contributed by atoms with Crippen molar-refractivity contribution < 1.29 is 9.47 Å². The van der Waals surface area contributed by atoms with E-state index >= 15 is 0 Å². The summed E-state index contributed by atoms with van der Waals surface area (Å²) in [5.74, 6) is 1.57. The molecule has 0 aliphatic carbocycles. The zero-order valence-corrected chi connectivity index (χ0v) is 13.3. The van der Waals surface area contributed by atoms with Gasteiger partial charge in [0, 0.05) is 16.7 Å². The van der Waals surface area contributed by atoms with Crippen molar-refractivity contribution in [3.63, 3.8) is 0 Å². The first-order valence-corrected chi connectivity index (χ1v) is 7.28. The van der Waals surface area contributed by atoms with E-state index in [1.165, 1.54) is 0 Å². The second-order valence-electron chi connectivity index (χ2n) is 4.65. The highest BCUT2D eigenvalue weighted by atomic mass is 35.5. The fourth-order valence-corrected chi connectivity index (χ4v) is 2.55. The Labute approximate surface area is 130 Å². The van der Waals surface area contributed by atoms with E-state index in [-0.39, 0.29) is 6.04 Å². The van der Waals surface area contributed by atoms with Crippen LogP contribution >= 0.6 is 11.6 Å². The van der Waals surface area contributed by atoms with Crippen LogP contribution in [0.4, 0.5) is 0 Å². The second-order valence-corrected chi connectivity index (χ2v) is 5.09. The van der Waals surface area contributed by atoms with Crippen LogP contribution in [-0.4, -0.2) is 20.8 Å². The summed E-state index contributed by atoms with van der Waals surface area (Å²) in [7, 11) is 3.31. The molecular formula is C17H20ClNO2. The summed E-state index contributed by atoms with van der Waals surface area (Å²) in [6, 6.07) is 13.7. The van der Waals surface area contributed by atoms with Gasteiger partial charge in [-0.2, -0.15) is 0 Å². The van der Waals surface area contributed by atoms with Gasteiger partial charge in [-0.05, 0) is 36.4 Å². The highest BCUT2D eigenvalue weighted by molar-refractivity contribution is 6.30. The van der Waals surface area contributed by atoms with Crippen LogP contribution in [0.15, 0.2) is 42.5 Å². The Morgan fingerprint density at radius 2 is 1.90 bits per heavy atom. The normalized spacial score (nSPS) is 12.0. The van der Waals surface area contributed by atoms with Crippen molar-refractivity contribution in [3.05, 3.63) is 58.6 Å². The molecular weight excluding hydrogens is 286 g/mol. The summed E-state index contributed by atoms with van der Waals surface area (Å²) in [5.41, 5.74) is 2.16. The number of ether oxygens (including phenoxy) is 2. The number of hydrogen-bond donors (Lipinski definition) is 1. The molecule has 0 saturated carbocycles. The number of benzene rings is 2. The topological polar surface area (TPSA) is 30.5 Å². The molecule has 1 N–H and O–H groups in total. The maximum Gasteiger partial charge on any atom is 0.127 e. The molecule has 0 fully saturated rings. The molecule has 2 aromatic carbocycles. The molecule has 0 spiro atoms. The van der Waals surface area contributed by atoms with Crippen LogP contribution in [0.25, 0.3) is 0 Å². The number of methoxy groups -OCH3 is 2. The Hall–Kier alpha value is -1.71. The van der Waals surface area contributed by atoms with Gasteiger partial charge in [0.25, 0.3) is 0 Å². The Morgan fingerprint density at radius 3 is 2.52 bits per heavy atom. The van der Waals surface area contributed by atoms with E-state index in [9.17, 15) is 0 Å². The Kier molecular flexibility index (Phi) is 5.48. The Morgan fingerprint density at radius 1 is 1.10 bits per heavy atom. The lowest BCUT2D eigenvalue weighted by molar-refractivity contribution is 0.387. The van der Waals surface area contributed by atoms with Crippen LogP contribution < -0.4 is 14.8 Å². The van der Waals surface area contributed by atoms with E-state index in [4.69, 9.17) is 21.1 Å². The third-order valence-corrected chi connectivity index (χ3v) is 3.58. The monoisotopic (exact) mass is 305 g/mol. The molecule has 0 amide bonds. The minimum absolute atomic E-state index is 0.0227. The van der Waals surface area contributed by atoms with E-state index in [1.54, 1.807) is 14.2 Å². The maximum absolute atomic E-state index is 6.12. The predicted molar refractivity (Wildman–Crippen MR) is 86.5 cm³/mol. The second kappa shape index (κ2) is 7.34. The molecule has 0 saturated heterocycles. The van der Waals surface area contributed by atoms with Gasteiger partial charge in [0.05, 0.1) is 20.3 Å². The molecule has 0 aliphatic rings. The first-order chi connectivity index (χ1) is 10.2. The number of halogens is 1. The van der Waals surface area contributed by atoms with Crippen LogP contribution in [-0.2, 0) is 0 Å². The van der Waals surface area contributed by atoms with Crippen LogP contribution in [0.2, 0.25) is 5.02 Å². The quantitative estimate of drug-likeness (QED) is 0.873. The summed E-state index contributed by atoms with van der Waals surface area (Å²) in [4.78, 5) is 0. The molecule has 3 nitrogen and oxygen atoms in total. The van der Waals surface area contributed by atoms with E-state index in [0.29, 0.717) is 0 Å². The van der Waals surface area contributed by atoms with Gasteiger partial charge >= 0.3 is 0 Å². The number of hydrogen-bond acceptors (Lipinski definition) is 3. The molecule has 2 rings (SSSR count). The summed E-state index contributed by atoms with van der Waals surface area (Å²) in [6.45, 7) is 2.92. The summed E-state index contributed by atoms with van der Waals surface area (Å²) in [6.07, 6.45) is 0. The van der Waals surface area contributed by atoms with Gasteiger partial charge in [0.15, 0.2) is 0 Å². The van der Waals surface area contributed by atoms with Crippen molar-refractivity contribution in [1.29, 1.82) is 0 Å². The lowest BCUT2D eigenvalue weighted by Crippen LogP contribution is -2.22. The van der Waals surface area contributed by atoms with E-state index < -0.39 is 0 Å². The SMILES string of the molecule is CCNC(c1cccc(Cl)c1)c1ccc(OC)cc1OC. The Balaban J connectivity index is 2.47. The maximum atomic E-state index is 6.12. The van der Waals surface area contributed by atoms with Crippen molar-refractivity contribution in [3.8, 4) is 11.5 Å². The fourth-order valence-electron chi connectivity index (χ4n) is 2.35. The summed E-state index contributed by atoms with van der Waals surface area (Å²) >= 11 is 6.12. The van der Waals surface area contributed by atoms with Gasteiger partial charge in [-0.1, -0.05) is 30.7 Å². The fraction of sp³-hybridized carbons (Fsp3) is 0.294. The highest BCUT2D eigenvalue weighted by Gasteiger charge is 2.18. The molecule has 0 aromatic heterocycles. The lowest BCUT2D eigenvalue weighted by atomic mass is 9.97. The smallest absolute Gasteiger partial charge is 0.127 e. The van der Waals surface area contributed by atoms with Gasteiger partial charge in [0.1, 0.15) is 11.5 Å². The molecule has 0 bridgehead atoms. The largest absolute Gasteiger partial charge is 0.497 e. The molecule has 21 heavy (non-hydrogen) atoms. The lowest BCUT2D eigenvalue weighted by Gasteiger charge is -2.22. The van der Waals surface area contributed by atoms with Gasteiger partial charge in [0.2, 0.25) is 0 Å². The van der Waals surface area contributed by atoms with Crippen LogP contribution in [0.3, 0.4) is 0 Å². The molecule has 1 atom stereocenters. The molecule has 2 aromatic rings. The van der Waals surface area contributed by atoms with E-state index in [2.05, 4.69) is 18.3 Å². The zero-order valence-electron chi connectivity index (χ0n) is 12.5. The number of nitrogens with one attached hydrogen (secondary N) is 1. The zero-order chi connectivity index (χ0) is 15.2. The van der Waals surface area contributed by atoms with Crippen LogP contribution in [0.1, 0.15) is 24.1 Å². The Bertz CT molecular complexity index is 601. The number of rotatable bonds is 6. The van der Waals surface area contributed by atoms with Gasteiger partial charge in [-0.25, -0.2) is 0 Å². The van der Waals surface area contributed by atoms with Crippen molar-refractivity contribution in [2.75, 3.05) is 20.8 Å². The standard InChI is InChI=1S/C17H20ClNO2/c1-4-19-17(12-6-5-7-13(18)10-12)15-9-8-14(20-2)11-16(15)21-3/h5-11,17,19H,4H2,1-3H3. The highest BCUT2D eigenvalue weighted by Crippen LogP contribution is 2.33. The average Bonchev–Trinajstić information content (AvgIpc) is 2.52. The third kappa shape index (κ3) is 3.69. The molecule has 0 heterocycles. The van der Waals surface area contributed by atoms with Crippen molar-refractivity contribution in [2.24, 2.45) is 0 Å². The molecule has 1 unspecified atom stereocenters. The average molecular weight is 306 g/mol. The summed E-state index contributed by atoms with van der Waals surface area (Å²) in [5, 5.41) is 4.20. The summed E-state index contributed by atoms with van der Waals surface area (Å²) < 4.78 is 10.8. The van der Waals surface area contributed by atoms with Crippen LogP contribution in [0, 0.1) is 0 Å². The molecule has 0 aliphatic heterocycles. The molecule has 112 valence electrons. The first kappa shape index (κ1) is 15.7.